The van der Waals surface area contributed by atoms with Crippen LogP contribution in [0.2, 0.25) is 0 Å². The van der Waals surface area contributed by atoms with Crippen LogP contribution in [0.1, 0.15) is 23.8 Å². The van der Waals surface area contributed by atoms with Gasteiger partial charge in [-0.15, -0.1) is 0 Å². The van der Waals surface area contributed by atoms with Crippen LogP contribution in [0.25, 0.3) is 0 Å². The number of rotatable bonds is 7. The second-order valence-electron chi connectivity index (χ2n) is 3.42. The lowest BCUT2D eigenvalue weighted by atomic mass is 10.4. The van der Waals surface area contributed by atoms with Gasteiger partial charge in [0.25, 0.3) is 0 Å². The molecule has 0 saturated carbocycles. The third-order valence-electron chi connectivity index (χ3n) is 2.12. The third-order valence-corrected chi connectivity index (χ3v) is 2.12. The molecule has 6 heteroatoms. The molecule has 0 aliphatic heterocycles. The van der Waals surface area contributed by atoms with Crippen molar-refractivity contribution in [3.05, 3.63) is 18.1 Å². The normalized spacial score (nSPS) is 10.0. The van der Waals surface area contributed by atoms with E-state index in [9.17, 15) is 4.79 Å². The van der Waals surface area contributed by atoms with Gasteiger partial charge in [0.15, 0.2) is 5.69 Å². The predicted molar refractivity (Wildman–Crippen MR) is 65.0 cm³/mol. The van der Waals surface area contributed by atoms with Crippen molar-refractivity contribution in [2.24, 2.45) is 0 Å². The van der Waals surface area contributed by atoms with Crippen molar-refractivity contribution in [3.63, 3.8) is 0 Å². The van der Waals surface area contributed by atoms with E-state index in [-0.39, 0.29) is 5.69 Å². The first-order valence-electron chi connectivity index (χ1n) is 5.63. The molecule has 0 amide bonds. The number of nitrogens with zero attached hydrogens (tertiary/aromatic N) is 2. The highest BCUT2D eigenvalue weighted by Crippen LogP contribution is 2.03. The summed E-state index contributed by atoms with van der Waals surface area (Å²) in [6.07, 6.45) is 3.95. The summed E-state index contributed by atoms with van der Waals surface area (Å²) < 4.78 is 4.57. The monoisotopic (exact) mass is 238 g/mol. The molecule has 6 nitrogen and oxygen atoms in total. The van der Waals surface area contributed by atoms with Crippen molar-refractivity contribution in [1.29, 1.82) is 0 Å². The summed E-state index contributed by atoms with van der Waals surface area (Å²) in [4.78, 5) is 19.2. The molecule has 94 valence electrons. The Morgan fingerprint density at radius 3 is 2.94 bits per heavy atom. The van der Waals surface area contributed by atoms with Gasteiger partial charge >= 0.3 is 5.97 Å². The molecule has 0 atom stereocenters. The Balaban J connectivity index is 2.40. The summed E-state index contributed by atoms with van der Waals surface area (Å²) >= 11 is 0. The van der Waals surface area contributed by atoms with E-state index in [0.717, 1.165) is 26.1 Å². The molecule has 0 unspecified atom stereocenters. The molecule has 1 heterocycles. The minimum absolute atomic E-state index is 0.212. The highest BCUT2D eigenvalue weighted by Gasteiger charge is 2.07. The Labute approximate surface area is 101 Å². The first kappa shape index (κ1) is 13.4. The average Bonchev–Trinajstić information content (AvgIpc) is 2.38. The molecule has 2 N–H and O–H groups in total. The van der Waals surface area contributed by atoms with Gasteiger partial charge in [-0.1, -0.05) is 6.92 Å². The number of hydrogen-bond acceptors (Lipinski definition) is 6. The molecule has 1 aromatic heterocycles. The maximum atomic E-state index is 11.2. The molecular formula is C11H18N4O2. The molecule has 0 fully saturated rings. The number of methoxy groups -OCH3 is 1. The molecule has 0 aromatic carbocycles. The molecule has 0 bridgehead atoms. The fraction of sp³-hybridized carbons (Fsp3) is 0.545. The lowest BCUT2D eigenvalue weighted by Gasteiger charge is -2.06. The van der Waals surface area contributed by atoms with Gasteiger partial charge in [-0.25, -0.2) is 9.78 Å². The fourth-order valence-electron chi connectivity index (χ4n) is 1.26. The number of carbonyl (C=O) groups is 1. The number of aromatic nitrogens is 2. The zero-order valence-corrected chi connectivity index (χ0v) is 10.2. The second kappa shape index (κ2) is 7.56. The summed E-state index contributed by atoms with van der Waals surface area (Å²) in [5.74, 6) is 0.109. The summed E-state index contributed by atoms with van der Waals surface area (Å²) in [7, 11) is 1.32. The van der Waals surface area contributed by atoms with Crippen LogP contribution >= 0.6 is 0 Å². The van der Waals surface area contributed by atoms with E-state index in [0.29, 0.717) is 5.82 Å². The largest absolute Gasteiger partial charge is 0.464 e. The second-order valence-corrected chi connectivity index (χ2v) is 3.42. The number of carbonyl (C=O) groups excluding carboxylic acids is 1. The third kappa shape index (κ3) is 4.78. The topological polar surface area (TPSA) is 76.1 Å². The fourth-order valence-corrected chi connectivity index (χ4v) is 1.26. The summed E-state index contributed by atoms with van der Waals surface area (Å²) in [6.45, 7) is 4.77. The van der Waals surface area contributed by atoms with Crippen LogP contribution in [-0.4, -0.2) is 42.7 Å². The van der Waals surface area contributed by atoms with E-state index >= 15 is 0 Å². The lowest BCUT2D eigenvalue weighted by molar-refractivity contribution is 0.0593. The summed E-state index contributed by atoms with van der Waals surface area (Å²) in [6, 6.07) is 0. The van der Waals surface area contributed by atoms with Crippen LogP contribution in [0.5, 0.6) is 0 Å². The smallest absolute Gasteiger partial charge is 0.358 e. The Kier molecular flexibility index (Phi) is 5.95. The zero-order chi connectivity index (χ0) is 12.5. The van der Waals surface area contributed by atoms with Crippen molar-refractivity contribution in [1.82, 2.24) is 15.3 Å². The van der Waals surface area contributed by atoms with Crippen molar-refractivity contribution < 1.29 is 9.53 Å². The van der Waals surface area contributed by atoms with Gasteiger partial charge in [0, 0.05) is 6.54 Å². The van der Waals surface area contributed by atoms with E-state index in [2.05, 4.69) is 32.3 Å². The molecular weight excluding hydrogens is 220 g/mol. The molecule has 0 radical (unpaired) electrons. The van der Waals surface area contributed by atoms with E-state index in [4.69, 9.17) is 0 Å². The predicted octanol–water partition coefficient (Wildman–Crippen LogP) is 0.675. The van der Waals surface area contributed by atoms with Gasteiger partial charge in [-0.05, 0) is 19.5 Å². The van der Waals surface area contributed by atoms with Crippen LogP contribution in [0.3, 0.4) is 0 Å². The minimum Gasteiger partial charge on any atom is -0.464 e. The molecule has 0 aliphatic carbocycles. The van der Waals surface area contributed by atoms with Crippen LogP contribution in [-0.2, 0) is 4.74 Å². The van der Waals surface area contributed by atoms with Crippen LogP contribution in [0.15, 0.2) is 12.4 Å². The highest BCUT2D eigenvalue weighted by molar-refractivity contribution is 5.87. The van der Waals surface area contributed by atoms with Crippen molar-refractivity contribution in [3.8, 4) is 0 Å². The minimum atomic E-state index is -0.478. The van der Waals surface area contributed by atoms with Crippen LogP contribution in [0, 0.1) is 0 Å². The van der Waals surface area contributed by atoms with Crippen LogP contribution < -0.4 is 10.6 Å². The Morgan fingerprint density at radius 2 is 2.24 bits per heavy atom. The number of hydrogen-bond donors (Lipinski definition) is 2. The van der Waals surface area contributed by atoms with Gasteiger partial charge in [-0.3, -0.25) is 4.98 Å². The highest BCUT2D eigenvalue weighted by atomic mass is 16.5. The van der Waals surface area contributed by atoms with Crippen molar-refractivity contribution >= 4 is 11.8 Å². The molecule has 1 rings (SSSR count). The van der Waals surface area contributed by atoms with Gasteiger partial charge in [0.2, 0.25) is 0 Å². The van der Waals surface area contributed by atoms with Crippen molar-refractivity contribution in [2.45, 2.75) is 13.3 Å². The standard InChI is InChI=1S/C11H18N4O2/c1-3-12-5-4-6-14-10-8-13-7-9(15-10)11(16)17-2/h7-8,12H,3-6H2,1-2H3,(H,14,15). The van der Waals surface area contributed by atoms with Crippen molar-refractivity contribution in [2.75, 3.05) is 32.1 Å². The number of ether oxygens (including phenoxy) is 1. The molecule has 0 saturated heterocycles. The summed E-state index contributed by atoms with van der Waals surface area (Å²) in [5.41, 5.74) is 0.212. The number of esters is 1. The van der Waals surface area contributed by atoms with E-state index < -0.39 is 5.97 Å². The van der Waals surface area contributed by atoms with E-state index in [1.54, 1.807) is 6.20 Å². The Bertz CT molecular complexity index is 357. The van der Waals surface area contributed by atoms with E-state index in [1.165, 1.54) is 13.3 Å². The zero-order valence-electron chi connectivity index (χ0n) is 10.2. The van der Waals surface area contributed by atoms with Gasteiger partial charge < -0.3 is 15.4 Å². The molecule has 0 aliphatic rings. The number of nitrogens with one attached hydrogen (secondary N) is 2. The van der Waals surface area contributed by atoms with Gasteiger partial charge in [-0.2, -0.15) is 0 Å². The first-order valence-corrected chi connectivity index (χ1v) is 5.63. The average molecular weight is 238 g/mol. The SMILES string of the molecule is CCNCCCNc1cncc(C(=O)OC)n1. The molecule has 0 spiro atoms. The number of anilines is 1. The van der Waals surface area contributed by atoms with Gasteiger partial charge in [0.05, 0.1) is 19.5 Å². The van der Waals surface area contributed by atoms with Gasteiger partial charge in [0.1, 0.15) is 5.82 Å². The first-order chi connectivity index (χ1) is 8.27. The van der Waals surface area contributed by atoms with Crippen LogP contribution in [0.4, 0.5) is 5.82 Å². The quantitative estimate of drug-likeness (QED) is 0.537. The van der Waals surface area contributed by atoms with E-state index in [1.807, 2.05) is 0 Å². The Morgan fingerprint density at radius 1 is 1.41 bits per heavy atom. The summed E-state index contributed by atoms with van der Waals surface area (Å²) in [5, 5.41) is 6.32. The lowest BCUT2D eigenvalue weighted by Crippen LogP contribution is -2.17. The maximum absolute atomic E-state index is 11.2. The maximum Gasteiger partial charge on any atom is 0.358 e. The molecule has 1 aromatic rings. The Hall–Kier alpha value is -1.69. The molecule has 17 heavy (non-hydrogen) atoms.